The van der Waals surface area contributed by atoms with E-state index in [1.54, 1.807) is 37.4 Å². The molecule has 1 amide bonds. The van der Waals surface area contributed by atoms with Crippen molar-refractivity contribution in [1.82, 2.24) is 14.5 Å². The van der Waals surface area contributed by atoms with E-state index in [0.717, 1.165) is 6.07 Å². The van der Waals surface area contributed by atoms with Crippen LogP contribution in [-0.4, -0.2) is 34.2 Å². The number of ether oxygens (including phenoxy) is 1. The Bertz CT molecular complexity index is 1480. The standard InChI is InChI=1S/C25H20ClF2N3O4/c1-30-20-8-4-7-18(28)22(20)31(25(30)34)15-11-9-14(10-12-15)13-19(24(33)35-2)29-23(32)21-16(26)5-3-6-17(21)27/h3-12,19H,13H2,1-2H3,(H,29,32)/t19-/m0/s1. The average Bonchev–Trinajstić information content (AvgIpc) is 3.10. The number of aryl methyl sites for hydroxylation is 1. The van der Waals surface area contributed by atoms with Crippen LogP contribution in [0.4, 0.5) is 8.78 Å². The first-order chi connectivity index (χ1) is 16.7. The Balaban J connectivity index is 1.62. The molecule has 3 aromatic carbocycles. The first-order valence-corrected chi connectivity index (χ1v) is 10.9. The van der Waals surface area contributed by atoms with Gasteiger partial charge >= 0.3 is 11.7 Å². The second kappa shape index (κ2) is 9.71. The fraction of sp³-hybridized carbons (Fsp3) is 0.160. The number of methoxy groups -OCH3 is 1. The van der Waals surface area contributed by atoms with Crippen molar-refractivity contribution < 1.29 is 23.1 Å². The number of aromatic nitrogens is 2. The van der Waals surface area contributed by atoms with Crippen LogP contribution < -0.4 is 11.0 Å². The molecule has 0 saturated carbocycles. The van der Waals surface area contributed by atoms with Gasteiger partial charge in [-0.3, -0.25) is 13.9 Å². The highest BCUT2D eigenvalue weighted by atomic mass is 35.5. The fourth-order valence-electron chi connectivity index (χ4n) is 3.88. The van der Waals surface area contributed by atoms with Crippen molar-refractivity contribution in [3.05, 3.63) is 98.9 Å². The van der Waals surface area contributed by atoms with Crippen LogP contribution in [0.1, 0.15) is 15.9 Å². The Kier molecular flexibility index (Phi) is 6.70. The molecule has 0 aliphatic carbocycles. The summed E-state index contributed by atoms with van der Waals surface area (Å²) in [6, 6.07) is 13.6. The van der Waals surface area contributed by atoms with Crippen molar-refractivity contribution in [3.8, 4) is 5.69 Å². The molecule has 1 N–H and O–H groups in total. The number of fused-ring (bicyclic) bond motifs is 1. The van der Waals surface area contributed by atoms with E-state index < -0.39 is 35.2 Å². The number of carbonyl (C=O) groups excluding carboxylic acids is 2. The summed E-state index contributed by atoms with van der Waals surface area (Å²) in [5.41, 5.74) is 0.827. The summed E-state index contributed by atoms with van der Waals surface area (Å²) in [5, 5.41) is 2.36. The molecule has 1 heterocycles. The van der Waals surface area contributed by atoms with Gasteiger partial charge in [0.2, 0.25) is 0 Å². The number of nitrogens with one attached hydrogen (secondary N) is 1. The highest BCUT2D eigenvalue weighted by Gasteiger charge is 2.25. The number of imidazole rings is 1. The number of benzene rings is 3. The van der Waals surface area contributed by atoms with Gasteiger partial charge in [0.05, 0.1) is 28.9 Å². The average molecular weight is 500 g/mol. The van der Waals surface area contributed by atoms with E-state index in [4.69, 9.17) is 16.3 Å². The maximum atomic E-state index is 14.5. The third kappa shape index (κ3) is 4.54. The molecule has 10 heteroatoms. The van der Waals surface area contributed by atoms with Crippen LogP contribution in [0.5, 0.6) is 0 Å². The molecule has 4 aromatic rings. The molecular weight excluding hydrogens is 480 g/mol. The second-order valence-corrected chi connectivity index (χ2v) is 8.21. The van der Waals surface area contributed by atoms with Gasteiger partial charge in [0, 0.05) is 13.5 Å². The van der Waals surface area contributed by atoms with Crippen LogP contribution in [0, 0.1) is 11.6 Å². The van der Waals surface area contributed by atoms with Crippen LogP contribution in [0.25, 0.3) is 16.7 Å². The first-order valence-electron chi connectivity index (χ1n) is 10.5. The predicted molar refractivity (Wildman–Crippen MR) is 127 cm³/mol. The van der Waals surface area contributed by atoms with Crippen molar-refractivity contribution in [1.29, 1.82) is 0 Å². The lowest BCUT2D eigenvalue weighted by molar-refractivity contribution is -0.142. The van der Waals surface area contributed by atoms with E-state index in [-0.39, 0.29) is 22.5 Å². The number of halogens is 3. The lowest BCUT2D eigenvalue weighted by atomic mass is 10.0. The number of esters is 1. The zero-order valence-corrected chi connectivity index (χ0v) is 19.5. The molecular formula is C25H20ClF2N3O4. The number of amides is 1. The summed E-state index contributed by atoms with van der Waals surface area (Å²) in [6.07, 6.45) is 0.0174. The highest BCUT2D eigenvalue weighted by Crippen LogP contribution is 2.22. The van der Waals surface area contributed by atoms with E-state index in [9.17, 15) is 23.2 Å². The third-order valence-corrected chi connectivity index (χ3v) is 5.96. The summed E-state index contributed by atoms with van der Waals surface area (Å²) in [6.45, 7) is 0. The van der Waals surface area contributed by atoms with E-state index >= 15 is 0 Å². The number of carbonyl (C=O) groups is 2. The molecule has 180 valence electrons. The van der Waals surface area contributed by atoms with Gasteiger partial charge in [-0.1, -0.05) is 35.9 Å². The Morgan fingerprint density at radius 3 is 2.34 bits per heavy atom. The molecule has 0 bridgehead atoms. The molecule has 35 heavy (non-hydrogen) atoms. The van der Waals surface area contributed by atoms with Crippen molar-refractivity contribution >= 4 is 34.5 Å². The molecule has 0 radical (unpaired) electrons. The zero-order chi connectivity index (χ0) is 25.3. The van der Waals surface area contributed by atoms with Crippen LogP contribution >= 0.6 is 11.6 Å². The Labute approximate surface area is 203 Å². The SMILES string of the molecule is COC(=O)[C@H](Cc1ccc(-n2c(=O)n(C)c3cccc(F)c32)cc1)NC(=O)c1c(F)cccc1Cl. The fourth-order valence-corrected chi connectivity index (χ4v) is 4.13. The summed E-state index contributed by atoms with van der Waals surface area (Å²) < 4.78 is 36.0. The van der Waals surface area contributed by atoms with Gasteiger partial charge in [-0.2, -0.15) is 0 Å². The molecule has 0 aliphatic heterocycles. The van der Waals surface area contributed by atoms with E-state index in [1.165, 1.54) is 40.5 Å². The summed E-state index contributed by atoms with van der Waals surface area (Å²) in [4.78, 5) is 37.7. The Morgan fingerprint density at radius 2 is 1.69 bits per heavy atom. The molecule has 0 spiro atoms. The minimum Gasteiger partial charge on any atom is -0.467 e. The van der Waals surface area contributed by atoms with E-state index in [0.29, 0.717) is 16.8 Å². The number of hydrogen-bond donors (Lipinski definition) is 1. The normalized spacial score (nSPS) is 11.9. The van der Waals surface area contributed by atoms with Gasteiger partial charge in [0.15, 0.2) is 0 Å². The van der Waals surface area contributed by atoms with Crippen molar-refractivity contribution in [2.24, 2.45) is 7.05 Å². The lowest BCUT2D eigenvalue weighted by Crippen LogP contribution is -2.43. The maximum Gasteiger partial charge on any atom is 0.333 e. The topological polar surface area (TPSA) is 82.3 Å². The summed E-state index contributed by atoms with van der Waals surface area (Å²) in [7, 11) is 2.72. The van der Waals surface area contributed by atoms with Gasteiger partial charge < -0.3 is 10.1 Å². The quantitative estimate of drug-likeness (QED) is 0.409. The maximum absolute atomic E-state index is 14.5. The van der Waals surface area contributed by atoms with Crippen LogP contribution in [0.3, 0.4) is 0 Å². The smallest absolute Gasteiger partial charge is 0.333 e. The third-order valence-electron chi connectivity index (χ3n) is 5.64. The Hall–Kier alpha value is -3.98. The highest BCUT2D eigenvalue weighted by molar-refractivity contribution is 6.33. The molecule has 7 nitrogen and oxygen atoms in total. The van der Waals surface area contributed by atoms with Gasteiger partial charge in [-0.15, -0.1) is 0 Å². The van der Waals surface area contributed by atoms with E-state index in [2.05, 4.69) is 5.32 Å². The molecule has 1 atom stereocenters. The van der Waals surface area contributed by atoms with Gasteiger partial charge in [0.1, 0.15) is 23.2 Å². The van der Waals surface area contributed by atoms with Crippen LogP contribution in [0.15, 0.2) is 65.5 Å². The molecule has 1 aromatic heterocycles. The largest absolute Gasteiger partial charge is 0.467 e. The monoisotopic (exact) mass is 499 g/mol. The van der Waals surface area contributed by atoms with Crippen molar-refractivity contribution in [2.45, 2.75) is 12.5 Å². The summed E-state index contributed by atoms with van der Waals surface area (Å²) in [5.74, 6) is -2.96. The van der Waals surface area contributed by atoms with Gasteiger partial charge in [-0.05, 0) is 42.0 Å². The molecule has 0 unspecified atom stereocenters. The number of rotatable bonds is 6. The minimum atomic E-state index is -1.13. The van der Waals surface area contributed by atoms with E-state index in [1.807, 2.05) is 0 Å². The van der Waals surface area contributed by atoms with Crippen molar-refractivity contribution in [2.75, 3.05) is 7.11 Å². The zero-order valence-electron chi connectivity index (χ0n) is 18.7. The number of para-hydroxylation sites is 1. The second-order valence-electron chi connectivity index (χ2n) is 7.80. The van der Waals surface area contributed by atoms with Crippen molar-refractivity contribution in [3.63, 3.8) is 0 Å². The molecule has 0 aliphatic rings. The lowest BCUT2D eigenvalue weighted by Gasteiger charge is -2.17. The number of nitrogens with zero attached hydrogens (tertiary/aromatic N) is 2. The van der Waals surface area contributed by atoms with Crippen LogP contribution in [0.2, 0.25) is 5.02 Å². The summed E-state index contributed by atoms with van der Waals surface area (Å²) >= 11 is 5.95. The van der Waals surface area contributed by atoms with Gasteiger partial charge in [0.25, 0.3) is 5.91 Å². The predicted octanol–water partition coefficient (Wildman–Crippen LogP) is 3.77. The number of hydrogen-bond acceptors (Lipinski definition) is 4. The van der Waals surface area contributed by atoms with Gasteiger partial charge in [-0.25, -0.2) is 18.4 Å². The first kappa shape index (κ1) is 24.2. The minimum absolute atomic E-state index is 0.0174. The molecule has 0 fully saturated rings. The molecule has 0 saturated heterocycles. The van der Waals surface area contributed by atoms with Crippen LogP contribution in [-0.2, 0) is 23.0 Å². The Morgan fingerprint density at radius 1 is 1.03 bits per heavy atom. The molecule has 4 rings (SSSR count).